The zero-order chi connectivity index (χ0) is 13.1. The highest BCUT2D eigenvalue weighted by Gasteiger charge is 2.11. The zero-order valence-electron chi connectivity index (χ0n) is 9.87. The predicted octanol–water partition coefficient (Wildman–Crippen LogP) is 5.70. The number of carbonyl (C=O) groups excluding carboxylic acids is 1. The van der Waals surface area contributed by atoms with Crippen LogP contribution in [0.1, 0.15) is 29.4 Å². The standard InChI is InChI=1S/C14H12Cl2OS/c1-2-3-12(17)14-7-6-13(18-14)10-5-4-9(15)8-11(10)16/h4-8H,2-3H2,1H3. The first kappa shape index (κ1) is 13.6. The number of thiophene rings is 1. The predicted molar refractivity (Wildman–Crippen MR) is 79.0 cm³/mol. The monoisotopic (exact) mass is 298 g/mol. The van der Waals surface area contributed by atoms with E-state index in [2.05, 4.69) is 0 Å². The van der Waals surface area contributed by atoms with Crippen LogP contribution < -0.4 is 0 Å². The molecule has 0 atom stereocenters. The van der Waals surface area contributed by atoms with Crippen LogP contribution in [0.15, 0.2) is 30.3 Å². The Balaban J connectivity index is 2.32. The first-order valence-electron chi connectivity index (χ1n) is 5.70. The lowest BCUT2D eigenvalue weighted by atomic mass is 10.2. The highest BCUT2D eigenvalue weighted by Crippen LogP contribution is 2.35. The van der Waals surface area contributed by atoms with Gasteiger partial charge in [0.2, 0.25) is 0 Å². The first-order chi connectivity index (χ1) is 8.61. The van der Waals surface area contributed by atoms with Crippen molar-refractivity contribution in [2.75, 3.05) is 0 Å². The van der Waals surface area contributed by atoms with Crippen molar-refractivity contribution < 1.29 is 4.79 Å². The molecule has 0 N–H and O–H groups in total. The third kappa shape index (κ3) is 2.94. The van der Waals surface area contributed by atoms with Gasteiger partial charge in [0.1, 0.15) is 0 Å². The van der Waals surface area contributed by atoms with Crippen LogP contribution in [0.4, 0.5) is 0 Å². The average molecular weight is 299 g/mol. The van der Waals surface area contributed by atoms with Crippen molar-refractivity contribution in [2.45, 2.75) is 19.8 Å². The van der Waals surface area contributed by atoms with E-state index in [0.29, 0.717) is 16.5 Å². The Bertz CT molecular complexity index is 575. The maximum atomic E-state index is 11.8. The molecular weight excluding hydrogens is 287 g/mol. The van der Waals surface area contributed by atoms with Gasteiger partial charge in [-0.05, 0) is 30.7 Å². The Labute approximate surface area is 120 Å². The van der Waals surface area contributed by atoms with Gasteiger partial charge < -0.3 is 0 Å². The second-order valence-corrected chi connectivity index (χ2v) is 5.89. The van der Waals surface area contributed by atoms with Gasteiger partial charge in [0.15, 0.2) is 5.78 Å². The topological polar surface area (TPSA) is 17.1 Å². The molecule has 1 heterocycles. The first-order valence-corrected chi connectivity index (χ1v) is 7.27. The Hall–Kier alpha value is -0.830. The Kier molecular flexibility index (Phi) is 4.44. The summed E-state index contributed by atoms with van der Waals surface area (Å²) in [6.07, 6.45) is 1.46. The van der Waals surface area contributed by atoms with Crippen molar-refractivity contribution in [3.8, 4) is 10.4 Å². The van der Waals surface area contributed by atoms with E-state index < -0.39 is 0 Å². The van der Waals surface area contributed by atoms with Gasteiger partial charge in [-0.25, -0.2) is 0 Å². The second kappa shape index (κ2) is 5.87. The normalized spacial score (nSPS) is 10.6. The fourth-order valence-corrected chi connectivity index (χ4v) is 3.25. The highest BCUT2D eigenvalue weighted by atomic mass is 35.5. The molecule has 0 radical (unpaired) electrons. The van der Waals surface area contributed by atoms with Gasteiger partial charge in [0.05, 0.1) is 9.90 Å². The van der Waals surface area contributed by atoms with Crippen LogP contribution in [0.3, 0.4) is 0 Å². The van der Waals surface area contributed by atoms with Crippen LogP contribution in [-0.4, -0.2) is 5.78 Å². The lowest BCUT2D eigenvalue weighted by Crippen LogP contribution is -1.93. The molecule has 1 aromatic carbocycles. The van der Waals surface area contributed by atoms with Crippen molar-refractivity contribution in [1.82, 2.24) is 0 Å². The number of halogens is 2. The fourth-order valence-electron chi connectivity index (χ4n) is 1.67. The molecule has 0 unspecified atom stereocenters. The summed E-state index contributed by atoms with van der Waals surface area (Å²) in [5, 5.41) is 1.22. The van der Waals surface area contributed by atoms with Gasteiger partial charge in [-0.15, -0.1) is 11.3 Å². The van der Waals surface area contributed by atoms with E-state index >= 15 is 0 Å². The van der Waals surface area contributed by atoms with Gasteiger partial charge in [0.25, 0.3) is 0 Å². The van der Waals surface area contributed by atoms with Crippen molar-refractivity contribution in [2.24, 2.45) is 0 Å². The van der Waals surface area contributed by atoms with E-state index in [-0.39, 0.29) is 5.78 Å². The molecule has 0 aliphatic carbocycles. The molecule has 0 bridgehead atoms. The van der Waals surface area contributed by atoms with E-state index in [1.807, 2.05) is 25.1 Å². The molecule has 2 aromatic rings. The number of ketones is 1. The molecule has 0 saturated heterocycles. The third-order valence-electron chi connectivity index (χ3n) is 2.55. The molecular formula is C14H12Cl2OS. The number of hydrogen-bond acceptors (Lipinski definition) is 2. The molecule has 0 fully saturated rings. The van der Waals surface area contributed by atoms with E-state index in [1.54, 1.807) is 12.1 Å². The molecule has 0 amide bonds. The molecule has 18 heavy (non-hydrogen) atoms. The van der Waals surface area contributed by atoms with E-state index in [1.165, 1.54) is 11.3 Å². The minimum absolute atomic E-state index is 0.193. The van der Waals surface area contributed by atoms with Crippen LogP contribution in [0.5, 0.6) is 0 Å². The summed E-state index contributed by atoms with van der Waals surface area (Å²) in [7, 11) is 0. The summed E-state index contributed by atoms with van der Waals surface area (Å²) >= 11 is 13.5. The Morgan fingerprint density at radius 1 is 1.22 bits per heavy atom. The van der Waals surface area contributed by atoms with Gasteiger partial charge in [0, 0.05) is 21.9 Å². The van der Waals surface area contributed by atoms with E-state index in [9.17, 15) is 4.79 Å². The molecule has 0 aliphatic heterocycles. The van der Waals surface area contributed by atoms with Crippen molar-refractivity contribution in [3.63, 3.8) is 0 Å². The minimum atomic E-state index is 0.193. The fraction of sp³-hybridized carbons (Fsp3) is 0.214. The molecule has 4 heteroatoms. The van der Waals surface area contributed by atoms with Crippen LogP contribution in [0.2, 0.25) is 10.0 Å². The van der Waals surface area contributed by atoms with Crippen molar-refractivity contribution >= 4 is 40.3 Å². The third-order valence-corrected chi connectivity index (χ3v) is 4.26. The van der Waals surface area contributed by atoms with E-state index in [4.69, 9.17) is 23.2 Å². The number of benzene rings is 1. The minimum Gasteiger partial charge on any atom is -0.293 e. The molecule has 94 valence electrons. The van der Waals surface area contributed by atoms with Gasteiger partial charge in [-0.1, -0.05) is 36.2 Å². The smallest absolute Gasteiger partial charge is 0.172 e. The lowest BCUT2D eigenvalue weighted by molar-refractivity contribution is 0.0985. The van der Waals surface area contributed by atoms with Gasteiger partial charge in [-0.3, -0.25) is 4.79 Å². The van der Waals surface area contributed by atoms with Crippen LogP contribution >= 0.6 is 34.5 Å². The molecule has 2 rings (SSSR count). The summed E-state index contributed by atoms with van der Waals surface area (Å²) in [4.78, 5) is 13.6. The summed E-state index contributed by atoms with van der Waals surface area (Å²) in [6, 6.07) is 9.19. The lowest BCUT2D eigenvalue weighted by Gasteiger charge is -2.01. The summed E-state index contributed by atoms with van der Waals surface area (Å²) < 4.78 is 0. The van der Waals surface area contributed by atoms with Gasteiger partial charge >= 0.3 is 0 Å². The molecule has 1 nitrogen and oxygen atoms in total. The van der Waals surface area contributed by atoms with Crippen LogP contribution in [0.25, 0.3) is 10.4 Å². The number of carbonyl (C=O) groups is 1. The molecule has 0 saturated carbocycles. The Morgan fingerprint density at radius 2 is 2.00 bits per heavy atom. The number of rotatable bonds is 4. The average Bonchev–Trinajstić information content (AvgIpc) is 2.78. The van der Waals surface area contributed by atoms with Crippen molar-refractivity contribution in [3.05, 3.63) is 45.3 Å². The van der Waals surface area contributed by atoms with Crippen LogP contribution in [-0.2, 0) is 0 Å². The largest absolute Gasteiger partial charge is 0.293 e. The SMILES string of the molecule is CCCC(=O)c1ccc(-c2ccc(Cl)cc2Cl)s1. The Morgan fingerprint density at radius 3 is 2.67 bits per heavy atom. The molecule has 1 aromatic heterocycles. The van der Waals surface area contributed by atoms with Gasteiger partial charge in [-0.2, -0.15) is 0 Å². The number of Topliss-reactive ketones (excluding diaryl/α,β-unsaturated/α-hetero) is 1. The van der Waals surface area contributed by atoms with E-state index in [0.717, 1.165) is 21.7 Å². The van der Waals surface area contributed by atoms with Crippen LogP contribution in [0, 0.1) is 0 Å². The molecule has 0 spiro atoms. The maximum absolute atomic E-state index is 11.8. The summed E-state index contributed by atoms with van der Waals surface area (Å²) in [5.41, 5.74) is 0.918. The summed E-state index contributed by atoms with van der Waals surface area (Å²) in [6.45, 7) is 2.00. The quantitative estimate of drug-likeness (QED) is 0.661. The maximum Gasteiger partial charge on any atom is 0.172 e. The van der Waals surface area contributed by atoms with Crippen molar-refractivity contribution in [1.29, 1.82) is 0 Å². The highest BCUT2D eigenvalue weighted by molar-refractivity contribution is 7.17. The summed E-state index contributed by atoms with van der Waals surface area (Å²) in [5.74, 6) is 0.193. The number of hydrogen-bond donors (Lipinski definition) is 0. The molecule has 0 aliphatic rings. The second-order valence-electron chi connectivity index (χ2n) is 3.96. The zero-order valence-corrected chi connectivity index (χ0v) is 12.2.